The van der Waals surface area contributed by atoms with E-state index in [2.05, 4.69) is 33.2 Å². The van der Waals surface area contributed by atoms with Gasteiger partial charge in [0.15, 0.2) is 5.11 Å². The van der Waals surface area contributed by atoms with Gasteiger partial charge in [-0.3, -0.25) is 10.1 Å². The van der Waals surface area contributed by atoms with Gasteiger partial charge in [0.25, 0.3) is 5.91 Å². The molecule has 0 fully saturated rings. The summed E-state index contributed by atoms with van der Waals surface area (Å²) in [6.07, 6.45) is 0. The zero-order chi connectivity index (χ0) is 12.7. The first-order chi connectivity index (χ1) is 8.15. The summed E-state index contributed by atoms with van der Waals surface area (Å²) < 4.78 is 5.76. The average molecular weight is 364 g/mol. The fourth-order valence-electron chi connectivity index (χ4n) is 1.13. The van der Waals surface area contributed by atoms with Gasteiger partial charge in [-0.15, -0.1) is 0 Å². The van der Waals surface area contributed by atoms with E-state index in [4.69, 9.17) is 17.0 Å². The van der Waals surface area contributed by atoms with E-state index >= 15 is 0 Å². The van der Waals surface area contributed by atoms with Crippen molar-refractivity contribution in [3.8, 4) is 0 Å². The van der Waals surface area contributed by atoms with Crippen LogP contribution in [0.3, 0.4) is 0 Å². The summed E-state index contributed by atoms with van der Waals surface area (Å²) in [5, 5.41) is 5.80. The predicted molar refractivity (Wildman–Crippen MR) is 79.1 cm³/mol. The lowest BCUT2D eigenvalue weighted by Crippen LogP contribution is -2.40. The number of halogens is 1. The fraction of sp³-hybridized carbons (Fsp3) is 0.273. The van der Waals surface area contributed by atoms with Crippen LogP contribution in [0.15, 0.2) is 24.3 Å². The highest BCUT2D eigenvalue weighted by atomic mass is 127. The van der Waals surface area contributed by atoms with Crippen molar-refractivity contribution in [2.24, 2.45) is 0 Å². The number of benzene rings is 1. The summed E-state index contributed by atoms with van der Waals surface area (Å²) in [6, 6.07) is 7.33. The van der Waals surface area contributed by atoms with Crippen LogP contribution >= 0.6 is 34.8 Å². The summed E-state index contributed by atoms with van der Waals surface area (Å²) in [5.41, 5.74) is 0.615. The number of amides is 1. The minimum absolute atomic E-state index is 0.204. The molecule has 0 aliphatic rings. The minimum Gasteiger partial charge on any atom is -0.383 e. The Morgan fingerprint density at radius 2 is 2.18 bits per heavy atom. The minimum atomic E-state index is -0.204. The average Bonchev–Trinajstić information content (AvgIpc) is 2.29. The Kier molecular flexibility index (Phi) is 6.38. The second-order valence-corrected chi connectivity index (χ2v) is 4.75. The highest BCUT2D eigenvalue weighted by Gasteiger charge is 2.10. The molecule has 6 heteroatoms. The van der Waals surface area contributed by atoms with Crippen molar-refractivity contribution >= 4 is 45.8 Å². The van der Waals surface area contributed by atoms with Gasteiger partial charge in [-0.25, -0.2) is 0 Å². The van der Waals surface area contributed by atoms with E-state index in [-0.39, 0.29) is 5.91 Å². The molecule has 0 unspecified atom stereocenters. The molecule has 1 aromatic rings. The molecule has 1 rings (SSSR count). The van der Waals surface area contributed by atoms with Gasteiger partial charge in [0.1, 0.15) is 0 Å². The van der Waals surface area contributed by atoms with Crippen LogP contribution in [0, 0.1) is 3.57 Å². The van der Waals surface area contributed by atoms with Crippen molar-refractivity contribution in [3.05, 3.63) is 33.4 Å². The van der Waals surface area contributed by atoms with Gasteiger partial charge < -0.3 is 10.1 Å². The van der Waals surface area contributed by atoms with Gasteiger partial charge in [0, 0.05) is 17.2 Å². The monoisotopic (exact) mass is 364 g/mol. The fourth-order valence-corrected chi connectivity index (χ4v) is 1.95. The van der Waals surface area contributed by atoms with Crippen molar-refractivity contribution in [1.82, 2.24) is 10.6 Å². The third kappa shape index (κ3) is 4.97. The van der Waals surface area contributed by atoms with Gasteiger partial charge in [-0.1, -0.05) is 12.1 Å². The van der Waals surface area contributed by atoms with Gasteiger partial charge in [0.05, 0.1) is 12.2 Å². The molecule has 0 bridgehead atoms. The van der Waals surface area contributed by atoms with E-state index in [1.54, 1.807) is 13.2 Å². The molecule has 0 radical (unpaired) electrons. The Morgan fingerprint density at radius 1 is 1.47 bits per heavy atom. The number of thiocarbonyl (C=S) groups is 1. The maximum absolute atomic E-state index is 11.8. The smallest absolute Gasteiger partial charge is 0.258 e. The standard InChI is InChI=1S/C11H13IN2O2S/c1-16-7-6-13-11(17)14-10(15)8-4-2-3-5-9(8)12/h2-5H,6-7H2,1H3,(H2,13,14,15,17). The van der Waals surface area contributed by atoms with E-state index < -0.39 is 0 Å². The lowest BCUT2D eigenvalue weighted by molar-refractivity contribution is 0.0975. The SMILES string of the molecule is COCCNC(=S)NC(=O)c1ccccc1I. The maximum atomic E-state index is 11.8. The highest BCUT2D eigenvalue weighted by Crippen LogP contribution is 2.10. The molecule has 0 atom stereocenters. The summed E-state index contributed by atoms with van der Waals surface area (Å²) in [7, 11) is 1.61. The number of hydrogen-bond donors (Lipinski definition) is 2. The molecule has 1 aromatic carbocycles. The van der Waals surface area contributed by atoms with E-state index in [9.17, 15) is 4.79 Å². The van der Waals surface area contributed by atoms with Gasteiger partial charge >= 0.3 is 0 Å². The summed E-state index contributed by atoms with van der Waals surface area (Å²) in [6.45, 7) is 1.11. The summed E-state index contributed by atoms with van der Waals surface area (Å²) in [5.74, 6) is -0.204. The van der Waals surface area contributed by atoms with Crippen LogP contribution < -0.4 is 10.6 Å². The Balaban J connectivity index is 2.49. The molecular weight excluding hydrogens is 351 g/mol. The number of ether oxygens (including phenoxy) is 1. The van der Waals surface area contributed by atoms with Crippen molar-refractivity contribution < 1.29 is 9.53 Å². The first-order valence-corrected chi connectivity index (χ1v) is 6.46. The van der Waals surface area contributed by atoms with Crippen LogP contribution in [0.25, 0.3) is 0 Å². The highest BCUT2D eigenvalue weighted by molar-refractivity contribution is 14.1. The molecule has 0 heterocycles. The third-order valence-electron chi connectivity index (χ3n) is 1.94. The zero-order valence-electron chi connectivity index (χ0n) is 9.33. The molecular formula is C11H13IN2O2S. The van der Waals surface area contributed by atoms with E-state index in [0.29, 0.717) is 23.8 Å². The molecule has 17 heavy (non-hydrogen) atoms. The first-order valence-electron chi connectivity index (χ1n) is 4.98. The topological polar surface area (TPSA) is 50.4 Å². The normalized spacial score (nSPS) is 9.76. The molecule has 1 amide bonds. The van der Waals surface area contributed by atoms with Crippen LogP contribution in [0.1, 0.15) is 10.4 Å². The Labute approximate surface area is 119 Å². The van der Waals surface area contributed by atoms with Gasteiger partial charge in [0.2, 0.25) is 0 Å². The molecule has 0 aliphatic carbocycles. The van der Waals surface area contributed by atoms with Crippen LogP contribution in [0.2, 0.25) is 0 Å². The second kappa shape index (κ2) is 7.57. The van der Waals surface area contributed by atoms with Gasteiger partial charge in [-0.2, -0.15) is 0 Å². The Hall–Kier alpha value is -0.730. The number of nitrogens with one attached hydrogen (secondary N) is 2. The molecule has 0 aromatic heterocycles. The van der Waals surface area contributed by atoms with Crippen molar-refractivity contribution in [2.75, 3.05) is 20.3 Å². The largest absolute Gasteiger partial charge is 0.383 e. The van der Waals surface area contributed by atoms with Crippen molar-refractivity contribution in [1.29, 1.82) is 0 Å². The number of rotatable bonds is 4. The van der Waals surface area contributed by atoms with Crippen molar-refractivity contribution in [2.45, 2.75) is 0 Å². The van der Waals surface area contributed by atoms with E-state index in [0.717, 1.165) is 3.57 Å². The number of carbonyl (C=O) groups is 1. The molecule has 0 spiro atoms. The number of carbonyl (C=O) groups excluding carboxylic acids is 1. The molecule has 0 aliphatic heterocycles. The van der Waals surface area contributed by atoms with Crippen LogP contribution in [-0.4, -0.2) is 31.3 Å². The van der Waals surface area contributed by atoms with Crippen molar-refractivity contribution in [3.63, 3.8) is 0 Å². The maximum Gasteiger partial charge on any atom is 0.258 e. The molecule has 4 nitrogen and oxygen atoms in total. The molecule has 0 saturated carbocycles. The first kappa shape index (κ1) is 14.3. The predicted octanol–water partition coefficient (Wildman–Crippen LogP) is 1.54. The summed E-state index contributed by atoms with van der Waals surface area (Å²) in [4.78, 5) is 11.8. The second-order valence-electron chi connectivity index (χ2n) is 3.18. The molecule has 92 valence electrons. The molecule has 0 saturated heterocycles. The van der Waals surface area contributed by atoms with Gasteiger partial charge in [-0.05, 0) is 46.9 Å². The van der Waals surface area contributed by atoms with Crippen LogP contribution in [0.4, 0.5) is 0 Å². The number of hydrogen-bond acceptors (Lipinski definition) is 3. The van der Waals surface area contributed by atoms with E-state index in [1.165, 1.54) is 0 Å². The summed E-state index contributed by atoms with van der Waals surface area (Å²) >= 11 is 7.10. The Bertz CT molecular complexity index is 412. The quantitative estimate of drug-likeness (QED) is 0.484. The molecule has 2 N–H and O–H groups in total. The lowest BCUT2D eigenvalue weighted by Gasteiger charge is -2.09. The lowest BCUT2D eigenvalue weighted by atomic mass is 10.2. The Morgan fingerprint density at radius 3 is 2.82 bits per heavy atom. The van der Waals surface area contributed by atoms with Crippen LogP contribution in [0.5, 0.6) is 0 Å². The zero-order valence-corrected chi connectivity index (χ0v) is 12.3. The van der Waals surface area contributed by atoms with E-state index in [1.807, 2.05) is 18.2 Å². The number of methoxy groups -OCH3 is 1. The van der Waals surface area contributed by atoms with Crippen LogP contribution in [-0.2, 0) is 4.74 Å². The third-order valence-corrected chi connectivity index (χ3v) is 3.12.